The SMILES string of the molecule is CC(=O)N(C)c1ccc(N(C(=O)C(C)C(C)(C)C)S(C)(=O)=O)cc1. The van der Waals surface area contributed by atoms with Gasteiger partial charge in [0, 0.05) is 25.6 Å². The van der Waals surface area contributed by atoms with Crippen molar-refractivity contribution in [3.63, 3.8) is 0 Å². The molecule has 0 N–H and O–H groups in total. The molecule has 1 rings (SSSR count). The van der Waals surface area contributed by atoms with Crippen LogP contribution in [-0.4, -0.2) is 33.5 Å². The van der Waals surface area contributed by atoms with Gasteiger partial charge in [0.25, 0.3) is 0 Å². The van der Waals surface area contributed by atoms with Gasteiger partial charge in [0.1, 0.15) is 0 Å². The molecule has 0 fully saturated rings. The second kappa shape index (κ2) is 6.93. The Hall–Kier alpha value is -1.89. The normalized spacial score (nSPS) is 13.3. The van der Waals surface area contributed by atoms with Crippen molar-refractivity contribution in [2.45, 2.75) is 34.6 Å². The van der Waals surface area contributed by atoms with Crippen molar-refractivity contribution in [3.05, 3.63) is 24.3 Å². The molecule has 0 radical (unpaired) electrons. The Morgan fingerprint density at radius 1 is 1.04 bits per heavy atom. The fourth-order valence-electron chi connectivity index (χ4n) is 2.02. The van der Waals surface area contributed by atoms with Gasteiger partial charge in [0.05, 0.1) is 11.9 Å². The molecule has 24 heavy (non-hydrogen) atoms. The highest BCUT2D eigenvalue weighted by Gasteiger charge is 2.35. The summed E-state index contributed by atoms with van der Waals surface area (Å²) in [7, 11) is -2.15. The van der Waals surface area contributed by atoms with Crippen LogP contribution in [0.1, 0.15) is 34.6 Å². The van der Waals surface area contributed by atoms with Gasteiger partial charge in [-0.1, -0.05) is 27.7 Å². The zero-order valence-corrected chi connectivity index (χ0v) is 16.1. The highest BCUT2D eigenvalue weighted by Crippen LogP contribution is 2.31. The van der Waals surface area contributed by atoms with Crippen molar-refractivity contribution in [3.8, 4) is 0 Å². The van der Waals surface area contributed by atoms with E-state index >= 15 is 0 Å². The van der Waals surface area contributed by atoms with Gasteiger partial charge in [-0.25, -0.2) is 12.7 Å². The number of hydrogen-bond acceptors (Lipinski definition) is 4. The summed E-state index contributed by atoms with van der Waals surface area (Å²) >= 11 is 0. The lowest BCUT2D eigenvalue weighted by Gasteiger charge is -2.31. The Morgan fingerprint density at radius 3 is 1.79 bits per heavy atom. The van der Waals surface area contributed by atoms with Crippen LogP contribution in [0, 0.1) is 11.3 Å². The van der Waals surface area contributed by atoms with Crippen LogP contribution >= 0.6 is 0 Å². The summed E-state index contributed by atoms with van der Waals surface area (Å²) in [6, 6.07) is 6.29. The van der Waals surface area contributed by atoms with E-state index < -0.39 is 21.8 Å². The highest BCUT2D eigenvalue weighted by molar-refractivity contribution is 7.92. The maximum absolute atomic E-state index is 12.7. The van der Waals surface area contributed by atoms with Crippen molar-refractivity contribution in [1.82, 2.24) is 0 Å². The maximum Gasteiger partial charge on any atom is 0.244 e. The van der Waals surface area contributed by atoms with E-state index in [4.69, 9.17) is 0 Å². The quantitative estimate of drug-likeness (QED) is 0.833. The number of hydrogen-bond donors (Lipinski definition) is 0. The summed E-state index contributed by atoms with van der Waals surface area (Å²) in [5.74, 6) is -1.09. The number of amides is 2. The van der Waals surface area contributed by atoms with Crippen LogP contribution in [-0.2, 0) is 19.6 Å². The summed E-state index contributed by atoms with van der Waals surface area (Å²) < 4.78 is 25.2. The molecule has 0 aliphatic heterocycles. The predicted molar refractivity (Wildman–Crippen MR) is 96.5 cm³/mol. The summed E-state index contributed by atoms with van der Waals surface area (Å²) in [6.45, 7) is 8.83. The van der Waals surface area contributed by atoms with Gasteiger partial charge in [0.15, 0.2) is 0 Å². The third-order valence-electron chi connectivity index (χ3n) is 4.15. The predicted octanol–water partition coefficient (Wildman–Crippen LogP) is 2.64. The molecule has 1 aromatic carbocycles. The summed E-state index contributed by atoms with van der Waals surface area (Å²) in [5, 5.41) is 0. The highest BCUT2D eigenvalue weighted by atomic mass is 32.2. The molecule has 0 saturated carbocycles. The van der Waals surface area contributed by atoms with Gasteiger partial charge in [0.2, 0.25) is 21.8 Å². The van der Waals surface area contributed by atoms with Crippen LogP contribution in [0.25, 0.3) is 0 Å². The number of carbonyl (C=O) groups is 2. The van der Waals surface area contributed by atoms with Crippen molar-refractivity contribution < 1.29 is 18.0 Å². The second-order valence-electron chi connectivity index (χ2n) is 7.05. The van der Waals surface area contributed by atoms with Crippen LogP contribution in [0.15, 0.2) is 24.3 Å². The number of sulfonamides is 1. The van der Waals surface area contributed by atoms with Crippen LogP contribution in [0.2, 0.25) is 0 Å². The monoisotopic (exact) mass is 354 g/mol. The standard InChI is InChI=1S/C17H26N2O4S/c1-12(17(3,4)5)16(21)19(24(7,22)23)15-10-8-14(9-11-15)18(6)13(2)20/h8-12H,1-7H3. The van der Waals surface area contributed by atoms with Crippen LogP contribution in [0.4, 0.5) is 11.4 Å². The molecule has 1 unspecified atom stereocenters. The Labute approximate surface area is 144 Å². The van der Waals surface area contributed by atoms with E-state index in [-0.39, 0.29) is 17.0 Å². The first-order chi connectivity index (χ1) is 10.8. The molecule has 0 aromatic heterocycles. The third kappa shape index (κ3) is 4.56. The van der Waals surface area contributed by atoms with E-state index in [2.05, 4.69) is 0 Å². The summed E-state index contributed by atoms with van der Waals surface area (Å²) in [4.78, 5) is 25.6. The Morgan fingerprint density at radius 2 is 1.46 bits per heavy atom. The number of benzene rings is 1. The average molecular weight is 354 g/mol. The largest absolute Gasteiger partial charge is 0.316 e. The minimum absolute atomic E-state index is 0.139. The van der Waals surface area contributed by atoms with Crippen molar-refractivity contribution >= 4 is 33.2 Å². The van der Waals surface area contributed by atoms with Crippen LogP contribution in [0.5, 0.6) is 0 Å². The second-order valence-corrected chi connectivity index (χ2v) is 8.88. The zero-order valence-electron chi connectivity index (χ0n) is 15.3. The van der Waals surface area contributed by atoms with E-state index in [0.29, 0.717) is 5.69 Å². The number of rotatable bonds is 4. The minimum Gasteiger partial charge on any atom is -0.316 e. The van der Waals surface area contributed by atoms with E-state index in [9.17, 15) is 18.0 Å². The topological polar surface area (TPSA) is 74.8 Å². The molecular weight excluding hydrogens is 328 g/mol. The van der Waals surface area contributed by atoms with E-state index in [1.54, 1.807) is 26.1 Å². The van der Waals surface area contributed by atoms with E-state index in [0.717, 1.165) is 10.6 Å². The first-order valence-corrected chi connectivity index (χ1v) is 9.50. The molecule has 7 heteroatoms. The zero-order chi connectivity index (χ0) is 18.9. The molecule has 0 aliphatic carbocycles. The fourth-order valence-corrected chi connectivity index (χ4v) is 3.01. The van der Waals surface area contributed by atoms with Crippen molar-refractivity contribution in [2.24, 2.45) is 11.3 Å². The Bertz CT molecular complexity index is 718. The number of anilines is 2. The van der Waals surface area contributed by atoms with Crippen molar-refractivity contribution in [1.29, 1.82) is 0 Å². The molecule has 134 valence electrons. The van der Waals surface area contributed by atoms with Gasteiger partial charge in [-0.15, -0.1) is 0 Å². The molecular formula is C17H26N2O4S. The molecule has 1 aromatic rings. The summed E-state index contributed by atoms with van der Waals surface area (Å²) in [5.41, 5.74) is 0.518. The molecule has 0 saturated heterocycles. The van der Waals surface area contributed by atoms with Gasteiger partial charge >= 0.3 is 0 Å². The van der Waals surface area contributed by atoms with Crippen molar-refractivity contribution in [2.75, 3.05) is 22.5 Å². The minimum atomic E-state index is -3.77. The third-order valence-corrected chi connectivity index (χ3v) is 5.20. The molecule has 0 bridgehead atoms. The van der Waals surface area contributed by atoms with Crippen LogP contribution in [0.3, 0.4) is 0 Å². The number of nitrogens with zero attached hydrogens (tertiary/aromatic N) is 2. The summed E-state index contributed by atoms with van der Waals surface area (Å²) in [6.07, 6.45) is 1.01. The van der Waals surface area contributed by atoms with Crippen LogP contribution < -0.4 is 9.21 Å². The fraction of sp³-hybridized carbons (Fsp3) is 0.529. The molecule has 1 atom stereocenters. The lowest BCUT2D eigenvalue weighted by atomic mass is 9.81. The van der Waals surface area contributed by atoms with Gasteiger partial charge in [-0.2, -0.15) is 0 Å². The lowest BCUT2D eigenvalue weighted by molar-refractivity contribution is -0.123. The van der Waals surface area contributed by atoms with Gasteiger partial charge in [-0.3, -0.25) is 9.59 Å². The van der Waals surface area contributed by atoms with E-state index in [1.165, 1.54) is 24.0 Å². The van der Waals surface area contributed by atoms with E-state index in [1.807, 2.05) is 20.8 Å². The Kier molecular flexibility index (Phi) is 5.82. The Balaban J connectivity index is 3.29. The van der Waals surface area contributed by atoms with Gasteiger partial charge < -0.3 is 4.90 Å². The molecule has 6 nitrogen and oxygen atoms in total. The van der Waals surface area contributed by atoms with Gasteiger partial charge in [-0.05, 0) is 29.7 Å². The first-order valence-electron chi connectivity index (χ1n) is 7.65. The molecule has 0 spiro atoms. The molecule has 0 heterocycles. The smallest absolute Gasteiger partial charge is 0.244 e. The number of carbonyl (C=O) groups excluding carboxylic acids is 2. The molecule has 0 aliphatic rings. The maximum atomic E-state index is 12.7. The molecule has 2 amide bonds. The first kappa shape index (κ1) is 20.2. The lowest BCUT2D eigenvalue weighted by Crippen LogP contribution is -2.43. The average Bonchev–Trinajstić information content (AvgIpc) is 2.43.